The van der Waals surface area contributed by atoms with Crippen molar-refractivity contribution < 1.29 is 19.1 Å². The lowest BCUT2D eigenvalue weighted by atomic mass is 10.0. The molecule has 2 N–H and O–H groups in total. The second-order valence-corrected chi connectivity index (χ2v) is 7.26. The Morgan fingerprint density at radius 2 is 1.59 bits per heavy atom. The van der Waals surface area contributed by atoms with Gasteiger partial charge in [0.1, 0.15) is 16.9 Å². The molecule has 0 aromatic heterocycles. The summed E-state index contributed by atoms with van der Waals surface area (Å²) in [7, 11) is 3.26. The first-order chi connectivity index (χ1) is 14.1. The molecule has 2 amide bonds. The predicted octanol–water partition coefficient (Wildman–Crippen LogP) is 2.50. The van der Waals surface area contributed by atoms with Crippen LogP contribution in [0.4, 0.5) is 0 Å². The van der Waals surface area contributed by atoms with Crippen molar-refractivity contribution in [2.75, 3.05) is 27.3 Å². The number of ether oxygens (including phenoxy) is 2. The van der Waals surface area contributed by atoms with E-state index in [4.69, 9.17) is 9.47 Å². The molecular formula is C23H28N2O4. The molecule has 0 heterocycles. The van der Waals surface area contributed by atoms with Gasteiger partial charge >= 0.3 is 0 Å². The fourth-order valence-electron chi connectivity index (χ4n) is 3.39. The largest absolute Gasteiger partial charge is 0.497 e. The second kappa shape index (κ2) is 9.45. The molecular weight excluding hydrogens is 368 g/mol. The second-order valence-electron chi connectivity index (χ2n) is 7.26. The number of carbonyl (C=O) groups is 2. The van der Waals surface area contributed by atoms with Crippen LogP contribution in [0, 0.1) is 5.41 Å². The summed E-state index contributed by atoms with van der Waals surface area (Å²) in [6.07, 6.45) is 2.54. The van der Waals surface area contributed by atoms with Crippen molar-refractivity contribution in [2.45, 2.75) is 25.7 Å². The molecule has 2 aromatic rings. The molecule has 2 aromatic carbocycles. The molecule has 29 heavy (non-hydrogen) atoms. The quantitative estimate of drug-likeness (QED) is 0.605. The van der Waals surface area contributed by atoms with Gasteiger partial charge in [0.05, 0.1) is 14.2 Å². The summed E-state index contributed by atoms with van der Waals surface area (Å²) in [5.41, 5.74) is 1.20. The fourth-order valence-corrected chi connectivity index (χ4v) is 3.39. The summed E-state index contributed by atoms with van der Waals surface area (Å²) >= 11 is 0. The van der Waals surface area contributed by atoms with Crippen LogP contribution in [0.25, 0.3) is 0 Å². The summed E-state index contributed by atoms with van der Waals surface area (Å²) in [4.78, 5) is 25.2. The zero-order valence-electron chi connectivity index (χ0n) is 17.0. The molecule has 154 valence electrons. The van der Waals surface area contributed by atoms with Gasteiger partial charge in [-0.3, -0.25) is 9.59 Å². The van der Waals surface area contributed by atoms with Crippen LogP contribution in [-0.2, 0) is 22.4 Å². The average Bonchev–Trinajstić information content (AvgIpc) is 3.56. The van der Waals surface area contributed by atoms with E-state index in [2.05, 4.69) is 10.6 Å². The maximum Gasteiger partial charge on any atom is 0.235 e. The number of amides is 2. The van der Waals surface area contributed by atoms with Crippen molar-refractivity contribution in [2.24, 2.45) is 5.41 Å². The summed E-state index contributed by atoms with van der Waals surface area (Å²) in [5.74, 6) is 1.22. The fraction of sp³-hybridized carbons (Fsp3) is 0.391. The van der Waals surface area contributed by atoms with Gasteiger partial charge in [-0.05, 0) is 55.0 Å². The van der Waals surface area contributed by atoms with Gasteiger partial charge in [0, 0.05) is 13.1 Å². The Morgan fingerprint density at radius 3 is 2.24 bits per heavy atom. The molecule has 1 aliphatic carbocycles. The van der Waals surface area contributed by atoms with Crippen LogP contribution in [0.2, 0.25) is 0 Å². The van der Waals surface area contributed by atoms with Crippen molar-refractivity contribution in [3.63, 3.8) is 0 Å². The molecule has 6 nitrogen and oxygen atoms in total. The third kappa shape index (κ3) is 5.08. The minimum Gasteiger partial charge on any atom is -0.497 e. The van der Waals surface area contributed by atoms with Gasteiger partial charge in [-0.25, -0.2) is 0 Å². The Kier molecular flexibility index (Phi) is 6.75. The van der Waals surface area contributed by atoms with E-state index in [1.807, 2.05) is 48.5 Å². The maximum atomic E-state index is 12.6. The number of rotatable bonds is 10. The Labute approximate surface area is 171 Å². The molecule has 0 radical (unpaired) electrons. The first-order valence-electron chi connectivity index (χ1n) is 9.90. The summed E-state index contributed by atoms with van der Waals surface area (Å²) < 4.78 is 10.5. The Balaban J connectivity index is 1.45. The molecule has 1 aliphatic rings. The lowest BCUT2D eigenvalue weighted by molar-refractivity contribution is -0.137. The van der Waals surface area contributed by atoms with E-state index in [9.17, 15) is 9.59 Å². The molecule has 0 unspecified atom stereocenters. The van der Waals surface area contributed by atoms with Crippen LogP contribution in [0.15, 0.2) is 48.5 Å². The molecule has 0 aliphatic heterocycles. The topological polar surface area (TPSA) is 76.7 Å². The first kappa shape index (κ1) is 20.7. The van der Waals surface area contributed by atoms with Crippen molar-refractivity contribution in [1.82, 2.24) is 10.6 Å². The highest BCUT2D eigenvalue weighted by Crippen LogP contribution is 2.46. The molecule has 0 saturated heterocycles. The summed E-state index contributed by atoms with van der Waals surface area (Å²) in [5, 5.41) is 5.84. The molecule has 0 bridgehead atoms. The minimum absolute atomic E-state index is 0.185. The number of nitrogens with one attached hydrogen (secondary N) is 2. The van der Waals surface area contributed by atoms with Crippen LogP contribution in [0.3, 0.4) is 0 Å². The standard InChI is InChI=1S/C23H28N2O4/c1-28-19-8-5-6-17(16-19)10-14-24-21(26)23(12-13-23)22(27)25-15-11-18-7-3-4-9-20(18)29-2/h3-9,16H,10-15H2,1-2H3,(H,24,26)(H,25,27). The van der Waals surface area contributed by atoms with Crippen molar-refractivity contribution in [3.8, 4) is 11.5 Å². The van der Waals surface area contributed by atoms with Crippen LogP contribution in [0.5, 0.6) is 11.5 Å². The number of para-hydroxylation sites is 1. The van der Waals surface area contributed by atoms with Gasteiger partial charge in [0.15, 0.2) is 0 Å². The van der Waals surface area contributed by atoms with E-state index in [1.165, 1.54) is 0 Å². The molecule has 0 spiro atoms. The average molecular weight is 396 g/mol. The van der Waals surface area contributed by atoms with Crippen LogP contribution >= 0.6 is 0 Å². The van der Waals surface area contributed by atoms with E-state index in [0.717, 1.165) is 22.6 Å². The van der Waals surface area contributed by atoms with E-state index in [0.29, 0.717) is 38.8 Å². The molecule has 0 atom stereocenters. The smallest absolute Gasteiger partial charge is 0.235 e. The summed E-state index contributed by atoms with van der Waals surface area (Å²) in [6, 6.07) is 15.5. The van der Waals surface area contributed by atoms with Crippen LogP contribution in [0.1, 0.15) is 24.0 Å². The minimum atomic E-state index is -0.908. The maximum absolute atomic E-state index is 12.6. The first-order valence-corrected chi connectivity index (χ1v) is 9.90. The monoisotopic (exact) mass is 396 g/mol. The van der Waals surface area contributed by atoms with E-state index < -0.39 is 5.41 Å². The summed E-state index contributed by atoms with van der Waals surface area (Å²) in [6.45, 7) is 0.959. The van der Waals surface area contributed by atoms with Gasteiger partial charge in [-0.1, -0.05) is 30.3 Å². The number of hydrogen-bond donors (Lipinski definition) is 2. The van der Waals surface area contributed by atoms with E-state index in [-0.39, 0.29) is 11.8 Å². The predicted molar refractivity (Wildman–Crippen MR) is 111 cm³/mol. The highest BCUT2D eigenvalue weighted by molar-refractivity contribution is 6.07. The SMILES string of the molecule is COc1cccc(CCNC(=O)C2(C(=O)NCCc3ccccc3OC)CC2)c1. The van der Waals surface area contributed by atoms with Gasteiger partial charge < -0.3 is 20.1 Å². The van der Waals surface area contributed by atoms with E-state index >= 15 is 0 Å². The highest BCUT2D eigenvalue weighted by atomic mass is 16.5. The number of carbonyl (C=O) groups excluding carboxylic acids is 2. The molecule has 6 heteroatoms. The third-order valence-electron chi connectivity index (χ3n) is 5.33. The van der Waals surface area contributed by atoms with Crippen molar-refractivity contribution in [1.29, 1.82) is 0 Å². The van der Waals surface area contributed by atoms with E-state index in [1.54, 1.807) is 14.2 Å². The Morgan fingerprint density at radius 1 is 0.897 bits per heavy atom. The van der Waals surface area contributed by atoms with Gasteiger partial charge in [0.2, 0.25) is 11.8 Å². The van der Waals surface area contributed by atoms with Gasteiger partial charge in [-0.15, -0.1) is 0 Å². The zero-order chi connectivity index (χ0) is 20.7. The lowest BCUT2D eigenvalue weighted by Crippen LogP contribution is -2.44. The lowest BCUT2D eigenvalue weighted by Gasteiger charge is -2.16. The van der Waals surface area contributed by atoms with Gasteiger partial charge in [-0.2, -0.15) is 0 Å². The van der Waals surface area contributed by atoms with Crippen molar-refractivity contribution in [3.05, 3.63) is 59.7 Å². The van der Waals surface area contributed by atoms with Crippen LogP contribution < -0.4 is 20.1 Å². The molecule has 3 rings (SSSR count). The highest BCUT2D eigenvalue weighted by Gasteiger charge is 2.56. The Hall–Kier alpha value is -3.02. The molecule has 1 saturated carbocycles. The number of hydrogen-bond acceptors (Lipinski definition) is 4. The van der Waals surface area contributed by atoms with Crippen molar-refractivity contribution >= 4 is 11.8 Å². The number of methoxy groups -OCH3 is 2. The molecule has 1 fully saturated rings. The normalized spacial score (nSPS) is 14.0. The van der Waals surface area contributed by atoms with Gasteiger partial charge in [0.25, 0.3) is 0 Å². The van der Waals surface area contributed by atoms with Crippen LogP contribution in [-0.4, -0.2) is 39.1 Å². The number of benzene rings is 2. The Bertz CT molecular complexity index is 861. The third-order valence-corrected chi connectivity index (χ3v) is 5.33. The zero-order valence-corrected chi connectivity index (χ0v) is 17.0.